The quantitative estimate of drug-likeness (QED) is 0.726. The number of nitrogens with two attached hydrogens (primary N) is 1. The van der Waals surface area contributed by atoms with E-state index in [1.165, 1.54) is 12.1 Å². The number of halogens is 1. The van der Waals surface area contributed by atoms with E-state index in [1.54, 1.807) is 13.2 Å². The topological polar surface area (TPSA) is 47.3 Å². The van der Waals surface area contributed by atoms with Crippen LogP contribution in [0.25, 0.3) is 0 Å². The lowest BCUT2D eigenvalue weighted by Gasteiger charge is -2.12. The van der Waals surface area contributed by atoms with Crippen molar-refractivity contribution in [2.45, 2.75) is 13.0 Å². The number of methoxy groups -OCH3 is 1. The minimum absolute atomic E-state index is 0.0829. The first-order valence-corrected chi connectivity index (χ1v) is 4.44. The van der Waals surface area contributed by atoms with Crippen LogP contribution in [0.3, 0.4) is 0 Å². The molecular weight excluding hydrogens is 183 g/mol. The minimum Gasteiger partial charge on any atom is -0.399 e. The van der Waals surface area contributed by atoms with Crippen molar-refractivity contribution in [2.24, 2.45) is 0 Å². The van der Waals surface area contributed by atoms with Gasteiger partial charge in [-0.05, 0) is 25.1 Å². The normalized spacial score (nSPS) is 12.5. The largest absolute Gasteiger partial charge is 0.399 e. The Labute approximate surface area is 83.1 Å². The van der Waals surface area contributed by atoms with Gasteiger partial charge in [-0.15, -0.1) is 0 Å². The van der Waals surface area contributed by atoms with Gasteiger partial charge in [0, 0.05) is 25.0 Å². The van der Waals surface area contributed by atoms with Crippen LogP contribution < -0.4 is 11.1 Å². The first-order valence-electron chi connectivity index (χ1n) is 4.44. The molecule has 3 N–H and O–H groups in total. The zero-order chi connectivity index (χ0) is 10.6. The van der Waals surface area contributed by atoms with E-state index in [0.29, 0.717) is 17.9 Å². The molecule has 0 saturated carbocycles. The fourth-order valence-corrected chi connectivity index (χ4v) is 1.06. The Bertz CT molecular complexity index is 284. The van der Waals surface area contributed by atoms with E-state index in [1.807, 2.05) is 6.92 Å². The summed E-state index contributed by atoms with van der Waals surface area (Å²) in [5.74, 6) is -0.336. The van der Waals surface area contributed by atoms with Gasteiger partial charge in [0.15, 0.2) is 0 Å². The molecule has 0 aliphatic carbocycles. The molecule has 0 aliphatic heterocycles. The number of anilines is 2. The Hall–Kier alpha value is -1.29. The van der Waals surface area contributed by atoms with E-state index < -0.39 is 0 Å². The van der Waals surface area contributed by atoms with Gasteiger partial charge < -0.3 is 15.8 Å². The Balaban J connectivity index is 2.58. The average molecular weight is 198 g/mol. The molecular formula is C10H15FN2O. The lowest BCUT2D eigenvalue weighted by atomic mass is 10.2. The number of hydrogen-bond donors (Lipinski definition) is 2. The van der Waals surface area contributed by atoms with Crippen LogP contribution in [0.4, 0.5) is 15.8 Å². The predicted octanol–water partition coefficient (Wildman–Crippen LogP) is 1.85. The number of ether oxygens (including phenoxy) is 1. The summed E-state index contributed by atoms with van der Waals surface area (Å²) in [5, 5.41) is 3.03. The molecule has 0 spiro atoms. The highest BCUT2D eigenvalue weighted by Crippen LogP contribution is 2.15. The molecule has 1 aromatic carbocycles. The van der Waals surface area contributed by atoms with Crippen LogP contribution in [0.15, 0.2) is 18.2 Å². The molecule has 78 valence electrons. The highest BCUT2D eigenvalue weighted by molar-refractivity contribution is 5.54. The molecule has 0 aromatic heterocycles. The molecule has 0 heterocycles. The minimum atomic E-state index is -0.336. The predicted molar refractivity (Wildman–Crippen MR) is 55.8 cm³/mol. The summed E-state index contributed by atoms with van der Waals surface area (Å²) in [6.45, 7) is 2.55. The maximum atomic E-state index is 12.9. The average Bonchev–Trinajstić information content (AvgIpc) is 2.12. The summed E-state index contributed by atoms with van der Waals surface area (Å²) in [4.78, 5) is 0. The summed E-state index contributed by atoms with van der Waals surface area (Å²) in [5.41, 5.74) is 6.57. The molecule has 1 rings (SSSR count). The van der Waals surface area contributed by atoms with E-state index in [4.69, 9.17) is 10.5 Å². The van der Waals surface area contributed by atoms with Crippen LogP contribution in [0.1, 0.15) is 6.92 Å². The standard InChI is InChI=1S/C10H15FN2O/c1-7(14-2)6-13-10-4-8(11)3-9(12)5-10/h3-5,7,13H,6,12H2,1-2H3. The number of nitrogen functional groups attached to an aromatic ring is 1. The van der Waals surface area contributed by atoms with Crippen LogP contribution in [-0.2, 0) is 4.74 Å². The van der Waals surface area contributed by atoms with Gasteiger partial charge in [-0.2, -0.15) is 0 Å². The van der Waals surface area contributed by atoms with Crippen molar-refractivity contribution >= 4 is 11.4 Å². The third-order valence-corrected chi connectivity index (χ3v) is 1.92. The van der Waals surface area contributed by atoms with Crippen LogP contribution >= 0.6 is 0 Å². The van der Waals surface area contributed by atoms with Crippen molar-refractivity contribution in [1.29, 1.82) is 0 Å². The Morgan fingerprint density at radius 3 is 2.79 bits per heavy atom. The zero-order valence-electron chi connectivity index (χ0n) is 8.38. The van der Waals surface area contributed by atoms with Crippen molar-refractivity contribution < 1.29 is 9.13 Å². The number of benzene rings is 1. The van der Waals surface area contributed by atoms with Crippen LogP contribution in [0.2, 0.25) is 0 Å². The molecule has 0 amide bonds. The van der Waals surface area contributed by atoms with Gasteiger partial charge in [0.2, 0.25) is 0 Å². The molecule has 14 heavy (non-hydrogen) atoms. The van der Waals surface area contributed by atoms with Gasteiger partial charge in [0.1, 0.15) is 5.82 Å². The van der Waals surface area contributed by atoms with Gasteiger partial charge in [0.25, 0.3) is 0 Å². The Morgan fingerprint density at radius 1 is 1.50 bits per heavy atom. The van der Waals surface area contributed by atoms with E-state index in [9.17, 15) is 4.39 Å². The van der Waals surface area contributed by atoms with Crippen molar-refractivity contribution in [3.05, 3.63) is 24.0 Å². The Morgan fingerprint density at radius 2 is 2.21 bits per heavy atom. The lowest BCUT2D eigenvalue weighted by Crippen LogP contribution is -2.18. The second kappa shape index (κ2) is 4.81. The van der Waals surface area contributed by atoms with E-state index in [0.717, 1.165) is 0 Å². The summed E-state index contributed by atoms with van der Waals surface area (Å²) < 4.78 is 17.9. The lowest BCUT2D eigenvalue weighted by molar-refractivity contribution is 0.129. The summed E-state index contributed by atoms with van der Waals surface area (Å²) >= 11 is 0. The summed E-state index contributed by atoms with van der Waals surface area (Å²) in [7, 11) is 1.63. The molecule has 1 unspecified atom stereocenters. The number of hydrogen-bond acceptors (Lipinski definition) is 3. The monoisotopic (exact) mass is 198 g/mol. The number of nitrogens with one attached hydrogen (secondary N) is 1. The van der Waals surface area contributed by atoms with Crippen LogP contribution in [0.5, 0.6) is 0 Å². The molecule has 0 fully saturated rings. The maximum absolute atomic E-state index is 12.9. The van der Waals surface area contributed by atoms with Crippen molar-refractivity contribution in [3.63, 3.8) is 0 Å². The molecule has 0 bridgehead atoms. The van der Waals surface area contributed by atoms with Gasteiger partial charge in [-0.25, -0.2) is 4.39 Å². The highest BCUT2D eigenvalue weighted by atomic mass is 19.1. The fraction of sp³-hybridized carbons (Fsp3) is 0.400. The molecule has 0 saturated heterocycles. The first-order chi connectivity index (χ1) is 6.61. The summed E-state index contributed by atoms with van der Waals surface area (Å²) in [6.07, 6.45) is 0.0829. The van der Waals surface area contributed by atoms with E-state index >= 15 is 0 Å². The number of rotatable bonds is 4. The Kier molecular flexibility index (Phi) is 3.71. The molecule has 0 aliphatic rings. The molecule has 0 radical (unpaired) electrons. The van der Waals surface area contributed by atoms with Crippen molar-refractivity contribution in [1.82, 2.24) is 0 Å². The van der Waals surface area contributed by atoms with E-state index in [2.05, 4.69) is 5.32 Å². The van der Waals surface area contributed by atoms with Gasteiger partial charge >= 0.3 is 0 Å². The van der Waals surface area contributed by atoms with Gasteiger partial charge in [-0.1, -0.05) is 0 Å². The second-order valence-electron chi connectivity index (χ2n) is 3.20. The highest BCUT2D eigenvalue weighted by Gasteiger charge is 2.01. The first kappa shape index (κ1) is 10.8. The van der Waals surface area contributed by atoms with Crippen molar-refractivity contribution in [2.75, 3.05) is 24.7 Å². The van der Waals surface area contributed by atoms with Crippen molar-refractivity contribution in [3.8, 4) is 0 Å². The molecule has 4 heteroatoms. The molecule has 1 atom stereocenters. The summed E-state index contributed by atoms with van der Waals surface area (Å²) in [6, 6.07) is 4.37. The fourth-order valence-electron chi connectivity index (χ4n) is 1.06. The molecule has 1 aromatic rings. The van der Waals surface area contributed by atoms with E-state index in [-0.39, 0.29) is 11.9 Å². The van der Waals surface area contributed by atoms with Crippen LogP contribution in [-0.4, -0.2) is 19.8 Å². The molecule has 3 nitrogen and oxygen atoms in total. The third kappa shape index (κ3) is 3.22. The van der Waals surface area contributed by atoms with Gasteiger partial charge in [-0.3, -0.25) is 0 Å². The smallest absolute Gasteiger partial charge is 0.127 e. The zero-order valence-corrected chi connectivity index (χ0v) is 8.38. The second-order valence-corrected chi connectivity index (χ2v) is 3.20. The third-order valence-electron chi connectivity index (χ3n) is 1.92. The van der Waals surface area contributed by atoms with Crippen LogP contribution in [0, 0.1) is 5.82 Å². The maximum Gasteiger partial charge on any atom is 0.127 e. The SMILES string of the molecule is COC(C)CNc1cc(N)cc(F)c1. The van der Waals surface area contributed by atoms with Gasteiger partial charge in [0.05, 0.1) is 6.10 Å².